The summed E-state index contributed by atoms with van der Waals surface area (Å²) >= 11 is 1.46. The molecule has 1 N–H and O–H groups in total. The number of nitrogens with zero attached hydrogens (tertiary/aromatic N) is 1. The van der Waals surface area contributed by atoms with Gasteiger partial charge in [0.05, 0.1) is 17.0 Å². The van der Waals surface area contributed by atoms with Crippen LogP contribution in [0.3, 0.4) is 0 Å². The Morgan fingerprint density at radius 1 is 1.38 bits per heavy atom. The number of aromatic nitrogens is 1. The third kappa shape index (κ3) is 2.46. The normalized spacial score (nSPS) is 10.3. The third-order valence-corrected chi connectivity index (χ3v) is 3.15. The lowest BCUT2D eigenvalue weighted by Gasteiger charge is -1.99. The molecule has 0 saturated heterocycles. The van der Waals surface area contributed by atoms with Gasteiger partial charge in [-0.2, -0.15) is 4.37 Å². The van der Waals surface area contributed by atoms with E-state index < -0.39 is 5.97 Å². The van der Waals surface area contributed by atoms with Crippen molar-refractivity contribution in [1.29, 1.82) is 0 Å². The average molecular weight is 233 g/mol. The van der Waals surface area contributed by atoms with Crippen LogP contribution >= 0.6 is 11.5 Å². The highest BCUT2D eigenvalue weighted by Gasteiger charge is 2.03. The summed E-state index contributed by atoms with van der Waals surface area (Å²) in [6.45, 7) is 1.96. The highest BCUT2D eigenvalue weighted by molar-refractivity contribution is 7.09. The van der Waals surface area contributed by atoms with E-state index in [1.165, 1.54) is 11.5 Å². The maximum Gasteiger partial charge on any atom is 0.307 e. The summed E-state index contributed by atoms with van der Waals surface area (Å²) in [5.74, 6) is -0.804. The molecule has 2 rings (SSSR count). The monoisotopic (exact) mass is 233 g/mol. The molecule has 0 saturated carbocycles. The first-order valence-corrected chi connectivity index (χ1v) is 5.67. The van der Waals surface area contributed by atoms with Crippen molar-refractivity contribution in [3.8, 4) is 10.4 Å². The van der Waals surface area contributed by atoms with Crippen molar-refractivity contribution in [3.63, 3.8) is 0 Å². The molecule has 16 heavy (non-hydrogen) atoms. The molecule has 1 heterocycles. The highest BCUT2D eigenvalue weighted by atomic mass is 32.1. The van der Waals surface area contributed by atoms with Crippen LogP contribution in [0.1, 0.15) is 11.3 Å². The Bertz CT molecular complexity index is 502. The Kier molecular flexibility index (Phi) is 3.01. The van der Waals surface area contributed by atoms with Gasteiger partial charge in [0, 0.05) is 0 Å². The van der Waals surface area contributed by atoms with Crippen LogP contribution < -0.4 is 0 Å². The van der Waals surface area contributed by atoms with Gasteiger partial charge in [-0.15, -0.1) is 0 Å². The molecule has 0 fully saturated rings. The number of carboxylic acids is 1. The molecule has 0 aliphatic carbocycles. The first-order valence-electron chi connectivity index (χ1n) is 4.89. The Labute approximate surface area is 97.5 Å². The van der Waals surface area contributed by atoms with E-state index >= 15 is 0 Å². The van der Waals surface area contributed by atoms with Gasteiger partial charge in [0.25, 0.3) is 0 Å². The lowest BCUT2D eigenvalue weighted by atomic mass is 10.1. The van der Waals surface area contributed by atoms with E-state index in [0.717, 1.165) is 21.7 Å². The lowest BCUT2D eigenvalue weighted by Crippen LogP contribution is -1.99. The quantitative estimate of drug-likeness (QED) is 0.886. The summed E-state index contributed by atoms with van der Waals surface area (Å²) in [6.07, 6.45) is 0.0714. The molecule has 0 amide bonds. The van der Waals surface area contributed by atoms with Crippen molar-refractivity contribution in [2.45, 2.75) is 13.3 Å². The van der Waals surface area contributed by atoms with E-state index in [1.807, 2.05) is 37.3 Å². The van der Waals surface area contributed by atoms with Crippen molar-refractivity contribution in [2.75, 3.05) is 0 Å². The van der Waals surface area contributed by atoms with Gasteiger partial charge in [0.15, 0.2) is 0 Å². The van der Waals surface area contributed by atoms with Crippen molar-refractivity contribution >= 4 is 17.5 Å². The summed E-state index contributed by atoms with van der Waals surface area (Å²) < 4.78 is 4.21. The van der Waals surface area contributed by atoms with E-state index in [0.29, 0.717) is 0 Å². The Balaban J connectivity index is 2.22. The number of hydrogen-bond donors (Lipinski definition) is 1. The van der Waals surface area contributed by atoms with Crippen molar-refractivity contribution in [2.24, 2.45) is 0 Å². The molecule has 0 aliphatic rings. The van der Waals surface area contributed by atoms with E-state index in [1.54, 1.807) is 0 Å². The fourth-order valence-electron chi connectivity index (χ4n) is 1.46. The second-order valence-corrected chi connectivity index (χ2v) is 4.40. The number of rotatable bonds is 3. The summed E-state index contributed by atoms with van der Waals surface area (Å²) in [4.78, 5) is 11.6. The van der Waals surface area contributed by atoms with E-state index in [4.69, 9.17) is 5.11 Å². The van der Waals surface area contributed by atoms with Crippen LogP contribution in [0.5, 0.6) is 0 Å². The van der Waals surface area contributed by atoms with Gasteiger partial charge in [-0.25, -0.2) is 0 Å². The van der Waals surface area contributed by atoms with Crippen molar-refractivity contribution < 1.29 is 9.90 Å². The molecule has 1 aromatic carbocycles. The molecule has 1 aromatic heterocycles. The van der Waals surface area contributed by atoms with Crippen LogP contribution in [0.2, 0.25) is 0 Å². The largest absolute Gasteiger partial charge is 0.481 e. The van der Waals surface area contributed by atoms with Gasteiger partial charge < -0.3 is 5.11 Å². The van der Waals surface area contributed by atoms with Gasteiger partial charge >= 0.3 is 5.97 Å². The minimum Gasteiger partial charge on any atom is -0.481 e. The molecular weight excluding hydrogens is 222 g/mol. The second-order valence-electron chi connectivity index (χ2n) is 3.60. The topological polar surface area (TPSA) is 50.2 Å². The SMILES string of the molecule is Cc1cc(-c2ccc(CC(=O)O)cc2)sn1. The zero-order valence-corrected chi connectivity index (χ0v) is 9.62. The zero-order chi connectivity index (χ0) is 11.5. The van der Waals surface area contributed by atoms with E-state index in [2.05, 4.69) is 4.37 Å². The Morgan fingerprint density at radius 3 is 2.56 bits per heavy atom. The predicted octanol–water partition coefficient (Wildman–Crippen LogP) is 2.75. The summed E-state index contributed by atoms with van der Waals surface area (Å²) in [5, 5.41) is 8.65. The fourth-order valence-corrected chi connectivity index (χ4v) is 2.22. The molecule has 2 aromatic rings. The van der Waals surface area contributed by atoms with Crippen molar-refractivity contribution in [1.82, 2.24) is 4.37 Å². The maximum atomic E-state index is 10.5. The predicted molar refractivity (Wildman–Crippen MR) is 63.6 cm³/mol. The Morgan fingerprint density at radius 2 is 2.06 bits per heavy atom. The van der Waals surface area contributed by atoms with Gasteiger partial charge in [-0.3, -0.25) is 4.79 Å². The summed E-state index contributed by atoms with van der Waals surface area (Å²) in [5.41, 5.74) is 2.91. The highest BCUT2D eigenvalue weighted by Crippen LogP contribution is 2.24. The summed E-state index contributed by atoms with van der Waals surface area (Å²) in [6, 6.07) is 9.59. The van der Waals surface area contributed by atoms with Crippen LogP contribution in [0.25, 0.3) is 10.4 Å². The van der Waals surface area contributed by atoms with Crippen molar-refractivity contribution in [3.05, 3.63) is 41.6 Å². The molecule has 0 spiro atoms. The molecule has 0 unspecified atom stereocenters. The third-order valence-electron chi connectivity index (χ3n) is 2.22. The Hall–Kier alpha value is -1.68. The minimum atomic E-state index is -0.804. The minimum absolute atomic E-state index is 0.0714. The number of hydrogen-bond acceptors (Lipinski definition) is 3. The van der Waals surface area contributed by atoms with Gasteiger partial charge in [0.2, 0.25) is 0 Å². The molecule has 0 aliphatic heterocycles. The van der Waals surface area contributed by atoms with Crippen LogP contribution in [0, 0.1) is 6.92 Å². The standard InChI is InChI=1S/C12H11NO2S/c1-8-6-11(16-13-8)10-4-2-9(3-5-10)7-12(14)15/h2-6H,7H2,1H3,(H,14,15). The zero-order valence-electron chi connectivity index (χ0n) is 8.80. The summed E-state index contributed by atoms with van der Waals surface area (Å²) in [7, 11) is 0. The van der Waals surface area contributed by atoms with Gasteiger partial charge in [-0.1, -0.05) is 24.3 Å². The second kappa shape index (κ2) is 4.45. The van der Waals surface area contributed by atoms with Crippen LogP contribution in [-0.2, 0) is 11.2 Å². The van der Waals surface area contributed by atoms with E-state index in [9.17, 15) is 4.79 Å². The number of aliphatic carboxylic acids is 1. The molecular formula is C12H11NO2S. The number of benzene rings is 1. The molecule has 3 nitrogen and oxygen atoms in total. The average Bonchev–Trinajstić information content (AvgIpc) is 2.65. The maximum absolute atomic E-state index is 10.5. The smallest absolute Gasteiger partial charge is 0.307 e. The first-order chi connectivity index (χ1) is 7.65. The molecule has 4 heteroatoms. The van der Waals surface area contributed by atoms with Crippen LogP contribution in [0.15, 0.2) is 30.3 Å². The van der Waals surface area contributed by atoms with Crippen LogP contribution in [0.4, 0.5) is 0 Å². The molecule has 82 valence electrons. The fraction of sp³-hybridized carbons (Fsp3) is 0.167. The van der Waals surface area contributed by atoms with Gasteiger partial charge in [0.1, 0.15) is 0 Å². The number of carboxylic acid groups (broad SMARTS) is 1. The number of aryl methyl sites for hydroxylation is 1. The molecule has 0 bridgehead atoms. The number of carbonyl (C=O) groups is 1. The van der Waals surface area contributed by atoms with Gasteiger partial charge in [-0.05, 0) is 35.6 Å². The lowest BCUT2D eigenvalue weighted by molar-refractivity contribution is -0.136. The first kappa shape index (κ1) is 10.8. The molecule has 0 radical (unpaired) electrons. The van der Waals surface area contributed by atoms with Crippen LogP contribution in [-0.4, -0.2) is 15.4 Å². The molecule has 0 atom stereocenters. The van der Waals surface area contributed by atoms with E-state index in [-0.39, 0.29) is 6.42 Å².